The van der Waals surface area contributed by atoms with Gasteiger partial charge in [0.25, 0.3) is 0 Å². The lowest BCUT2D eigenvalue weighted by molar-refractivity contribution is 0.590. The summed E-state index contributed by atoms with van der Waals surface area (Å²) in [5.74, 6) is 0. The summed E-state index contributed by atoms with van der Waals surface area (Å²) in [6.45, 7) is 47.1. The number of fused-ring (bicyclic) bond motifs is 4. The van der Waals surface area contributed by atoms with Gasteiger partial charge in [-0.3, -0.25) is 0 Å². The van der Waals surface area contributed by atoms with Gasteiger partial charge in [0, 0.05) is 0 Å². The lowest BCUT2D eigenvalue weighted by Gasteiger charge is -2.21. The van der Waals surface area contributed by atoms with E-state index in [1.165, 1.54) is 82.0 Å². The first kappa shape index (κ1) is 69.2. The molecule has 0 bridgehead atoms. The van der Waals surface area contributed by atoms with Gasteiger partial charge in [0.1, 0.15) is 0 Å². The van der Waals surface area contributed by atoms with Gasteiger partial charge in [-0.2, -0.15) is 0 Å². The third kappa shape index (κ3) is 21.8. The molecule has 450 valence electrons. The summed E-state index contributed by atoms with van der Waals surface area (Å²) in [5.41, 5.74) is 11.7. The van der Waals surface area contributed by atoms with Gasteiger partial charge in [-0.1, -0.05) is 406 Å². The lowest BCUT2D eigenvalue weighted by atomic mass is 9.84. The summed E-state index contributed by atoms with van der Waals surface area (Å²) in [6.07, 6.45) is 0. The molecule has 11 rings (SSSR count). The van der Waals surface area contributed by atoms with E-state index < -0.39 is 0 Å². The smallest absolute Gasteiger partial charge is 0.0126 e. The quantitative estimate of drug-likeness (QED) is 0.142. The second-order valence-electron chi connectivity index (χ2n) is 30.0. The molecule has 0 fully saturated rings. The van der Waals surface area contributed by atoms with Gasteiger partial charge in [0.2, 0.25) is 0 Å². The fraction of sp³-hybridized carbons (Fsp3) is 0.326. The molecular weight excluding hydrogens is 1030 g/mol. The molecular formula is C86H106. The maximum Gasteiger partial charge on any atom is -0.0126 e. The highest BCUT2D eigenvalue weighted by Crippen LogP contribution is 2.33. The van der Waals surface area contributed by atoms with Crippen LogP contribution in [0.15, 0.2) is 261 Å². The highest BCUT2D eigenvalue weighted by Gasteiger charge is 2.19. The van der Waals surface area contributed by atoms with E-state index in [0.29, 0.717) is 16.2 Å². The van der Waals surface area contributed by atoms with Crippen molar-refractivity contribution in [2.24, 2.45) is 0 Å². The molecule has 0 radical (unpaired) electrons. The van der Waals surface area contributed by atoms with Crippen molar-refractivity contribution in [1.82, 2.24) is 0 Å². The Morgan fingerprint density at radius 3 is 0.616 bits per heavy atom. The molecule has 0 atom stereocenters. The summed E-state index contributed by atoms with van der Waals surface area (Å²) in [7, 11) is 0. The fourth-order valence-electron chi connectivity index (χ4n) is 10.1. The van der Waals surface area contributed by atoms with E-state index in [1.54, 1.807) is 0 Å². The standard InChI is InChI=1S/4C14H16.3C10H14/c3*1-14(2,3)13-10-6-8-11-7-4-5-9-12(11)13;1-14(2,3)13-9-8-11-6-4-5-7-12(11)10-13;3*1-10(2,3)9-7-5-4-6-8-9/h4*4-10H,1-3H3;3*4-8H,1-3H3. The molecule has 0 heterocycles. The molecule has 0 spiro atoms. The van der Waals surface area contributed by atoms with Crippen LogP contribution in [-0.4, -0.2) is 0 Å². The summed E-state index contributed by atoms with van der Waals surface area (Å²) in [4.78, 5) is 0. The summed E-state index contributed by atoms with van der Waals surface area (Å²) in [5, 5.41) is 10.8. The Morgan fingerprint density at radius 2 is 0.372 bits per heavy atom. The van der Waals surface area contributed by atoms with Gasteiger partial charge in [0.05, 0.1) is 0 Å². The maximum atomic E-state index is 2.29. The zero-order chi connectivity index (χ0) is 63.6. The predicted molar refractivity (Wildman–Crippen MR) is 386 cm³/mol. The van der Waals surface area contributed by atoms with Crippen LogP contribution in [0.4, 0.5) is 0 Å². The average molecular weight is 1140 g/mol. The molecule has 0 heteroatoms. The van der Waals surface area contributed by atoms with E-state index in [-0.39, 0.29) is 21.7 Å². The van der Waals surface area contributed by atoms with E-state index in [0.717, 1.165) is 0 Å². The SMILES string of the molecule is CC(C)(C)c1ccc2ccccc2c1.CC(C)(C)c1cccc2ccccc12.CC(C)(C)c1cccc2ccccc12.CC(C)(C)c1cccc2ccccc12.CC(C)(C)c1ccccc1.CC(C)(C)c1ccccc1.CC(C)(C)c1ccccc1. The number of hydrogen-bond acceptors (Lipinski definition) is 0. The number of rotatable bonds is 0. The van der Waals surface area contributed by atoms with Gasteiger partial charge in [-0.15, -0.1) is 0 Å². The van der Waals surface area contributed by atoms with Crippen LogP contribution >= 0.6 is 0 Å². The minimum atomic E-state index is 0.223. The van der Waals surface area contributed by atoms with Crippen molar-refractivity contribution in [3.8, 4) is 0 Å². The van der Waals surface area contributed by atoms with Crippen LogP contribution in [0.5, 0.6) is 0 Å². The second kappa shape index (κ2) is 30.2. The molecule has 0 unspecified atom stereocenters. The Labute approximate surface area is 523 Å². The van der Waals surface area contributed by atoms with Crippen LogP contribution in [0.25, 0.3) is 43.1 Å². The van der Waals surface area contributed by atoms with E-state index in [9.17, 15) is 0 Å². The van der Waals surface area contributed by atoms with E-state index in [4.69, 9.17) is 0 Å². The molecule has 0 aromatic heterocycles. The van der Waals surface area contributed by atoms with E-state index in [1.807, 2.05) is 0 Å². The molecule has 0 aliphatic heterocycles. The molecule has 0 saturated carbocycles. The van der Waals surface area contributed by atoms with Crippen LogP contribution in [-0.2, 0) is 37.9 Å². The Kier molecular flexibility index (Phi) is 24.3. The first-order valence-electron chi connectivity index (χ1n) is 31.3. The minimum absolute atomic E-state index is 0.223. The van der Waals surface area contributed by atoms with Crippen molar-refractivity contribution in [3.05, 3.63) is 300 Å². The summed E-state index contributed by atoms with van der Waals surface area (Å²) in [6, 6.07) is 92.2. The van der Waals surface area contributed by atoms with E-state index >= 15 is 0 Å². The molecule has 11 aromatic rings. The van der Waals surface area contributed by atoms with Crippen LogP contribution in [0.1, 0.15) is 184 Å². The highest BCUT2D eigenvalue weighted by molar-refractivity contribution is 5.88. The molecule has 0 saturated heterocycles. The van der Waals surface area contributed by atoms with Crippen LogP contribution < -0.4 is 0 Å². The average Bonchev–Trinajstić information content (AvgIpc) is 2.60. The van der Waals surface area contributed by atoms with Crippen molar-refractivity contribution < 1.29 is 0 Å². The van der Waals surface area contributed by atoms with Crippen molar-refractivity contribution in [2.45, 2.75) is 183 Å². The van der Waals surface area contributed by atoms with Gasteiger partial charge in [-0.05, 0) is 120 Å². The number of benzene rings is 11. The third-order valence-corrected chi connectivity index (χ3v) is 15.3. The van der Waals surface area contributed by atoms with Gasteiger partial charge < -0.3 is 0 Å². The third-order valence-electron chi connectivity index (χ3n) is 15.3. The maximum absolute atomic E-state index is 2.29. The zero-order valence-electron chi connectivity index (χ0n) is 56.8. The fourth-order valence-corrected chi connectivity index (χ4v) is 10.1. The van der Waals surface area contributed by atoms with Gasteiger partial charge in [-0.25, -0.2) is 0 Å². The monoisotopic (exact) mass is 1140 g/mol. The Bertz CT molecular complexity index is 3400. The molecule has 86 heavy (non-hydrogen) atoms. The minimum Gasteiger partial charge on any atom is -0.0622 e. The van der Waals surface area contributed by atoms with Gasteiger partial charge in [0.15, 0.2) is 0 Å². The zero-order valence-corrected chi connectivity index (χ0v) is 56.8. The highest BCUT2D eigenvalue weighted by atomic mass is 14.2. The summed E-state index contributed by atoms with van der Waals surface area (Å²) >= 11 is 0. The van der Waals surface area contributed by atoms with Crippen LogP contribution in [0.3, 0.4) is 0 Å². The molecule has 0 N–H and O–H groups in total. The molecule has 0 amide bonds. The van der Waals surface area contributed by atoms with Gasteiger partial charge >= 0.3 is 0 Å². The first-order valence-corrected chi connectivity index (χ1v) is 31.3. The van der Waals surface area contributed by atoms with E-state index in [2.05, 4.69) is 406 Å². The Morgan fingerprint density at radius 1 is 0.151 bits per heavy atom. The van der Waals surface area contributed by atoms with Crippen molar-refractivity contribution in [1.29, 1.82) is 0 Å². The van der Waals surface area contributed by atoms with Crippen molar-refractivity contribution in [3.63, 3.8) is 0 Å². The lowest BCUT2D eigenvalue weighted by Crippen LogP contribution is -2.11. The Hall–Kier alpha value is -7.54. The summed E-state index contributed by atoms with van der Waals surface area (Å²) < 4.78 is 0. The molecule has 0 nitrogen and oxygen atoms in total. The van der Waals surface area contributed by atoms with Crippen LogP contribution in [0, 0.1) is 0 Å². The Balaban J connectivity index is 0.000000184. The van der Waals surface area contributed by atoms with Crippen molar-refractivity contribution in [2.75, 3.05) is 0 Å². The molecule has 0 aliphatic rings. The second-order valence-corrected chi connectivity index (χ2v) is 30.0. The first-order chi connectivity index (χ1) is 40.2. The largest absolute Gasteiger partial charge is 0.0622 e. The normalized spacial score (nSPS) is 11.8. The molecule has 11 aromatic carbocycles. The van der Waals surface area contributed by atoms with Crippen molar-refractivity contribution >= 4 is 43.1 Å². The van der Waals surface area contributed by atoms with Crippen LogP contribution in [0.2, 0.25) is 0 Å². The molecule has 0 aliphatic carbocycles. The topological polar surface area (TPSA) is 0 Å². The number of hydrogen-bond donors (Lipinski definition) is 0. The predicted octanol–water partition coefficient (Wildman–Crippen LogP) is 25.5.